The molecule has 1 atom stereocenters. The summed E-state index contributed by atoms with van der Waals surface area (Å²) < 4.78 is 16.9. The van der Waals surface area contributed by atoms with Crippen LogP contribution in [0.4, 0.5) is 0 Å². The molecule has 0 aromatic heterocycles. The zero-order chi connectivity index (χ0) is 53.6. The van der Waals surface area contributed by atoms with Crippen molar-refractivity contribution < 1.29 is 28.6 Å². The molecule has 0 rings (SSSR count). The molecular formula is C68H124O6. The van der Waals surface area contributed by atoms with E-state index in [0.717, 1.165) is 70.6 Å². The SMILES string of the molecule is CCCCCCC/C=C\C/C=C\CCCCCCCCCCCCCCCC(=O)OCC(COC(=O)CCCCCCCCCCCC)OC(=O)CCCCCCCCCCC/C=C\C/C=C\CCCCCCC. The van der Waals surface area contributed by atoms with E-state index in [9.17, 15) is 14.4 Å². The summed E-state index contributed by atoms with van der Waals surface area (Å²) in [6.07, 6.45) is 78.4. The Bertz CT molecular complexity index is 1280. The van der Waals surface area contributed by atoms with E-state index in [1.807, 2.05) is 0 Å². The summed E-state index contributed by atoms with van der Waals surface area (Å²) >= 11 is 0. The first-order chi connectivity index (χ1) is 36.5. The van der Waals surface area contributed by atoms with Crippen LogP contribution in [-0.4, -0.2) is 37.2 Å². The van der Waals surface area contributed by atoms with Gasteiger partial charge < -0.3 is 14.2 Å². The smallest absolute Gasteiger partial charge is 0.306 e. The van der Waals surface area contributed by atoms with E-state index in [4.69, 9.17) is 14.2 Å². The Morgan fingerprint density at radius 3 is 0.743 bits per heavy atom. The largest absolute Gasteiger partial charge is 0.462 e. The molecule has 6 nitrogen and oxygen atoms in total. The molecule has 0 amide bonds. The van der Waals surface area contributed by atoms with Crippen molar-refractivity contribution in [1.29, 1.82) is 0 Å². The molecule has 0 heterocycles. The molecule has 74 heavy (non-hydrogen) atoms. The number of esters is 3. The Hall–Kier alpha value is -2.63. The second-order valence-corrected chi connectivity index (χ2v) is 22.0. The molecule has 0 aliphatic heterocycles. The van der Waals surface area contributed by atoms with Gasteiger partial charge in [0.05, 0.1) is 0 Å². The van der Waals surface area contributed by atoms with Gasteiger partial charge in [-0.2, -0.15) is 0 Å². The standard InChI is InChI=1S/C68H124O6/c1-4-7-10-13-16-19-22-24-26-28-30-32-33-34-35-37-38-40-42-44-46-49-52-55-58-61-67(70)73-64-65(63-72-66(69)60-57-54-51-48-21-18-15-12-9-6-3)74-68(71)62-59-56-53-50-47-45-43-41-39-36-31-29-27-25-23-20-17-14-11-8-5-2/h22-25,28-31,65H,4-21,26-27,32-64H2,1-3H3/b24-22-,25-23-,30-28-,31-29-. The van der Waals surface area contributed by atoms with Crippen LogP contribution in [0.1, 0.15) is 348 Å². The van der Waals surface area contributed by atoms with Crippen LogP contribution in [0.2, 0.25) is 0 Å². The molecule has 1 unspecified atom stereocenters. The highest BCUT2D eigenvalue weighted by molar-refractivity contribution is 5.71. The maximum absolute atomic E-state index is 12.9. The van der Waals surface area contributed by atoms with Crippen molar-refractivity contribution >= 4 is 17.9 Å². The minimum absolute atomic E-state index is 0.0712. The molecule has 0 fully saturated rings. The summed E-state index contributed by atoms with van der Waals surface area (Å²) in [6.45, 7) is 6.65. The Morgan fingerprint density at radius 1 is 0.270 bits per heavy atom. The third-order valence-electron chi connectivity index (χ3n) is 14.6. The molecule has 0 saturated heterocycles. The molecule has 0 aliphatic rings. The van der Waals surface area contributed by atoms with Crippen molar-refractivity contribution in [1.82, 2.24) is 0 Å². The van der Waals surface area contributed by atoms with Crippen molar-refractivity contribution in [2.24, 2.45) is 0 Å². The van der Waals surface area contributed by atoms with Gasteiger partial charge in [0, 0.05) is 19.3 Å². The summed E-state index contributed by atoms with van der Waals surface area (Å²) in [6, 6.07) is 0. The highest BCUT2D eigenvalue weighted by atomic mass is 16.6. The van der Waals surface area contributed by atoms with Crippen LogP contribution in [0.15, 0.2) is 48.6 Å². The zero-order valence-electron chi connectivity index (χ0n) is 49.6. The summed E-state index contributed by atoms with van der Waals surface area (Å²) in [4.78, 5) is 38.2. The van der Waals surface area contributed by atoms with E-state index in [0.29, 0.717) is 19.3 Å². The van der Waals surface area contributed by atoms with Crippen molar-refractivity contribution in [3.63, 3.8) is 0 Å². The minimum atomic E-state index is -0.773. The van der Waals surface area contributed by atoms with E-state index in [1.165, 1.54) is 238 Å². The fourth-order valence-corrected chi connectivity index (χ4v) is 9.62. The van der Waals surface area contributed by atoms with Gasteiger partial charge in [-0.15, -0.1) is 0 Å². The van der Waals surface area contributed by atoms with Crippen molar-refractivity contribution in [3.05, 3.63) is 48.6 Å². The monoisotopic (exact) mass is 1040 g/mol. The van der Waals surface area contributed by atoms with Gasteiger partial charge in [0.2, 0.25) is 0 Å². The maximum Gasteiger partial charge on any atom is 0.306 e. The van der Waals surface area contributed by atoms with Gasteiger partial charge in [-0.25, -0.2) is 0 Å². The van der Waals surface area contributed by atoms with Crippen LogP contribution in [0.5, 0.6) is 0 Å². The van der Waals surface area contributed by atoms with Crippen LogP contribution in [0.25, 0.3) is 0 Å². The highest BCUT2D eigenvalue weighted by Crippen LogP contribution is 2.17. The summed E-state index contributed by atoms with van der Waals surface area (Å²) in [5.41, 5.74) is 0. The second kappa shape index (κ2) is 62.9. The Balaban J connectivity index is 4.21. The number of allylic oxidation sites excluding steroid dienone is 8. The predicted octanol–water partition coefficient (Wildman–Crippen LogP) is 22.2. The summed E-state index contributed by atoms with van der Waals surface area (Å²) in [5.74, 6) is -0.858. The highest BCUT2D eigenvalue weighted by Gasteiger charge is 2.19. The van der Waals surface area contributed by atoms with E-state index >= 15 is 0 Å². The van der Waals surface area contributed by atoms with Gasteiger partial charge in [0.1, 0.15) is 13.2 Å². The second-order valence-electron chi connectivity index (χ2n) is 22.0. The van der Waals surface area contributed by atoms with Crippen LogP contribution >= 0.6 is 0 Å². The lowest BCUT2D eigenvalue weighted by molar-refractivity contribution is -0.167. The normalized spacial score (nSPS) is 12.3. The third-order valence-corrected chi connectivity index (χ3v) is 14.6. The molecule has 432 valence electrons. The van der Waals surface area contributed by atoms with E-state index in [-0.39, 0.29) is 31.1 Å². The fourth-order valence-electron chi connectivity index (χ4n) is 9.62. The Morgan fingerprint density at radius 2 is 0.486 bits per heavy atom. The van der Waals surface area contributed by atoms with Gasteiger partial charge in [-0.05, 0) is 83.5 Å². The molecule has 0 bridgehead atoms. The number of carbonyl (C=O) groups is 3. The van der Waals surface area contributed by atoms with E-state index in [1.54, 1.807) is 0 Å². The zero-order valence-corrected chi connectivity index (χ0v) is 49.6. The number of rotatable bonds is 60. The molecule has 0 saturated carbocycles. The third kappa shape index (κ3) is 60.2. The quantitative estimate of drug-likeness (QED) is 0.0261. The fraction of sp³-hybridized carbons (Fsp3) is 0.838. The number of ether oxygens (including phenoxy) is 3. The average molecular weight is 1040 g/mol. The molecular weight excluding hydrogens is 913 g/mol. The van der Waals surface area contributed by atoms with Crippen molar-refractivity contribution in [2.45, 2.75) is 354 Å². The molecule has 0 aromatic carbocycles. The van der Waals surface area contributed by atoms with Crippen LogP contribution in [-0.2, 0) is 28.6 Å². The van der Waals surface area contributed by atoms with Crippen LogP contribution in [0, 0.1) is 0 Å². The lowest BCUT2D eigenvalue weighted by Gasteiger charge is -2.18. The number of hydrogen-bond donors (Lipinski definition) is 0. The molecule has 6 heteroatoms. The molecule has 0 radical (unpaired) electrons. The van der Waals surface area contributed by atoms with E-state index < -0.39 is 6.10 Å². The van der Waals surface area contributed by atoms with Gasteiger partial charge in [0.25, 0.3) is 0 Å². The molecule has 0 aromatic rings. The topological polar surface area (TPSA) is 78.9 Å². The summed E-state index contributed by atoms with van der Waals surface area (Å²) in [5, 5.41) is 0. The molecule has 0 N–H and O–H groups in total. The molecule has 0 aliphatic carbocycles. The van der Waals surface area contributed by atoms with Gasteiger partial charge in [-0.3, -0.25) is 14.4 Å². The van der Waals surface area contributed by atoms with Gasteiger partial charge in [0.15, 0.2) is 6.10 Å². The van der Waals surface area contributed by atoms with Crippen molar-refractivity contribution in [2.75, 3.05) is 13.2 Å². The van der Waals surface area contributed by atoms with Gasteiger partial charge in [-0.1, -0.05) is 294 Å². The summed E-state index contributed by atoms with van der Waals surface area (Å²) in [7, 11) is 0. The predicted molar refractivity (Wildman–Crippen MR) is 321 cm³/mol. The maximum atomic E-state index is 12.9. The van der Waals surface area contributed by atoms with Gasteiger partial charge >= 0.3 is 17.9 Å². The first-order valence-corrected chi connectivity index (χ1v) is 32.6. The minimum Gasteiger partial charge on any atom is -0.462 e. The lowest BCUT2D eigenvalue weighted by Crippen LogP contribution is -2.30. The first kappa shape index (κ1) is 71.4. The Labute approximate surface area is 460 Å². The van der Waals surface area contributed by atoms with Crippen LogP contribution in [0.3, 0.4) is 0 Å². The lowest BCUT2D eigenvalue weighted by atomic mass is 10.0. The molecule has 0 spiro atoms. The average Bonchev–Trinajstić information content (AvgIpc) is 3.40. The number of unbranched alkanes of at least 4 members (excludes halogenated alkanes) is 41. The number of carbonyl (C=O) groups excluding carboxylic acids is 3. The van der Waals surface area contributed by atoms with E-state index in [2.05, 4.69) is 69.4 Å². The van der Waals surface area contributed by atoms with Crippen LogP contribution < -0.4 is 0 Å². The first-order valence-electron chi connectivity index (χ1n) is 32.6. The van der Waals surface area contributed by atoms with Crippen molar-refractivity contribution in [3.8, 4) is 0 Å². The number of hydrogen-bond acceptors (Lipinski definition) is 6. The Kier molecular flexibility index (Phi) is 60.7.